The molecule has 1 unspecified atom stereocenters. The third-order valence-electron chi connectivity index (χ3n) is 2.63. The maximum Gasteiger partial charge on any atom is 0.119 e. The van der Waals surface area contributed by atoms with Gasteiger partial charge in [0.2, 0.25) is 0 Å². The third-order valence-corrected chi connectivity index (χ3v) is 3.14. The third kappa shape index (κ3) is 4.17. The lowest BCUT2D eigenvalue weighted by Gasteiger charge is -2.13. The highest BCUT2D eigenvalue weighted by Gasteiger charge is 2.04. The summed E-state index contributed by atoms with van der Waals surface area (Å²) in [7, 11) is 0. The van der Waals surface area contributed by atoms with Crippen molar-refractivity contribution in [2.45, 2.75) is 26.7 Å². The molecule has 0 aliphatic heterocycles. The standard InChI is InChI=1S/C13H20OS/c1-3-11-6-5-7-13(8-11)14-9-12(4-2)10-15/h5-8,12,15H,3-4,9-10H2,1-2H3. The van der Waals surface area contributed by atoms with Crippen molar-refractivity contribution in [3.05, 3.63) is 29.8 Å². The van der Waals surface area contributed by atoms with E-state index in [1.165, 1.54) is 5.56 Å². The Labute approximate surface area is 98.3 Å². The van der Waals surface area contributed by atoms with Gasteiger partial charge in [-0.25, -0.2) is 0 Å². The van der Waals surface area contributed by atoms with Crippen molar-refractivity contribution in [1.29, 1.82) is 0 Å². The van der Waals surface area contributed by atoms with E-state index in [-0.39, 0.29) is 0 Å². The second-order valence-electron chi connectivity index (χ2n) is 3.77. The Morgan fingerprint density at radius 1 is 1.33 bits per heavy atom. The topological polar surface area (TPSA) is 9.23 Å². The van der Waals surface area contributed by atoms with Crippen LogP contribution in [0.5, 0.6) is 5.75 Å². The van der Waals surface area contributed by atoms with Crippen LogP contribution in [0.1, 0.15) is 25.8 Å². The summed E-state index contributed by atoms with van der Waals surface area (Å²) in [5, 5.41) is 0. The summed E-state index contributed by atoms with van der Waals surface area (Å²) >= 11 is 4.30. The summed E-state index contributed by atoms with van der Waals surface area (Å²) in [6.07, 6.45) is 2.18. The van der Waals surface area contributed by atoms with E-state index in [0.717, 1.165) is 31.0 Å². The van der Waals surface area contributed by atoms with Gasteiger partial charge in [0.25, 0.3) is 0 Å². The van der Waals surface area contributed by atoms with Crippen LogP contribution in [0.4, 0.5) is 0 Å². The molecule has 0 aromatic heterocycles. The number of rotatable bonds is 6. The highest BCUT2D eigenvalue weighted by molar-refractivity contribution is 7.80. The summed E-state index contributed by atoms with van der Waals surface area (Å²) in [6, 6.07) is 8.31. The first-order valence-electron chi connectivity index (χ1n) is 5.62. The summed E-state index contributed by atoms with van der Waals surface area (Å²) < 4.78 is 5.74. The molecule has 0 saturated heterocycles. The molecule has 0 N–H and O–H groups in total. The molecule has 0 radical (unpaired) electrons. The van der Waals surface area contributed by atoms with Crippen LogP contribution >= 0.6 is 12.6 Å². The minimum atomic E-state index is 0.554. The molecule has 0 fully saturated rings. The van der Waals surface area contributed by atoms with Gasteiger partial charge in [-0.2, -0.15) is 12.6 Å². The normalized spacial score (nSPS) is 12.5. The van der Waals surface area contributed by atoms with E-state index >= 15 is 0 Å². The average Bonchev–Trinajstić information content (AvgIpc) is 2.31. The van der Waals surface area contributed by atoms with Crippen molar-refractivity contribution in [2.75, 3.05) is 12.4 Å². The number of hydrogen-bond acceptors (Lipinski definition) is 2. The Hall–Kier alpha value is -0.630. The zero-order chi connectivity index (χ0) is 11.1. The SMILES string of the molecule is CCc1cccc(OCC(CC)CS)c1. The first-order chi connectivity index (χ1) is 7.30. The average molecular weight is 224 g/mol. The minimum Gasteiger partial charge on any atom is -0.493 e. The lowest BCUT2D eigenvalue weighted by molar-refractivity contribution is 0.259. The predicted octanol–water partition coefficient (Wildman–Crippen LogP) is 3.58. The van der Waals surface area contributed by atoms with Crippen LogP contribution in [0.3, 0.4) is 0 Å². The molecule has 2 heteroatoms. The maximum absolute atomic E-state index is 5.74. The van der Waals surface area contributed by atoms with E-state index in [1.807, 2.05) is 6.07 Å². The summed E-state index contributed by atoms with van der Waals surface area (Å²) in [5.41, 5.74) is 1.33. The lowest BCUT2D eigenvalue weighted by Crippen LogP contribution is -2.12. The predicted molar refractivity (Wildman–Crippen MR) is 68.9 cm³/mol. The van der Waals surface area contributed by atoms with Gasteiger partial charge in [-0.05, 0) is 36.3 Å². The zero-order valence-electron chi connectivity index (χ0n) is 9.57. The van der Waals surface area contributed by atoms with Crippen molar-refractivity contribution >= 4 is 12.6 Å². The second kappa shape index (κ2) is 6.78. The summed E-state index contributed by atoms with van der Waals surface area (Å²) in [5.74, 6) is 2.43. The molecule has 84 valence electrons. The summed E-state index contributed by atoms with van der Waals surface area (Å²) in [6.45, 7) is 5.10. The van der Waals surface area contributed by atoms with E-state index in [4.69, 9.17) is 4.74 Å². The van der Waals surface area contributed by atoms with Crippen LogP contribution in [0.15, 0.2) is 24.3 Å². The molecule has 0 bridgehead atoms. The molecule has 1 rings (SSSR count). The lowest BCUT2D eigenvalue weighted by atomic mass is 10.1. The molecule has 1 aromatic carbocycles. The number of ether oxygens (including phenoxy) is 1. The maximum atomic E-state index is 5.74. The van der Waals surface area contributed by atoms with Crippen LogP contribution in [0.25, 0.3) is 0 Å². The fourth-order valence-corrected chi connectivity index (χ4v) is 1.73. The molecule has 0 aliphatic carbocycles. The van der Waals surface area contributed by atoms with E-state index in [0.29, 0.717) is 5.92 Å². The van der Waals surface area contributed by atoms with Gasteiger partial charge in [-0.1, -0.05) is 26.0 Å². The molecule has 0 saturated carbocycles. The monoisotopic (exact) mass is 224 g/mol. The van der Waals surface area contributed by atoms with Crippen molar-refractivity contribution in [3.63, 3.8) is 0 Å². The van der Waals surface area contributed by atoms with Gasteiger partial charge >= 0.3 is 0 Å². The number of benzene rings is 1. The quantitative estimate of drug-likeness (QED) is 0.727. The molecule has 0 heterocycles. The van der Waals surface area contributed by atoms with Crippen molar-refractivity contribution in [2.24, 2.45) is 5.92 Å². The molecule has 1 atom stereocenters. The molecule has 1 aromatic rings. The van der Waals surface area contributed by atoms with Crippen molar-refractivity contribution in [1.82, 2.24) is 0 Å². The van der Waals surface area contributed by atoms with Gasteiger partial charge in [0.1, 0.15) is 5.75 Å². The fraction of sp³-hybridized carbons (Fsp3) is 0.538. The van der Waals surface area contributed by atoms with E-state index in [1.54, 1.807) is 0 Å². The number of hydrogen-bond donors (Lipinski definition) is 1. The molecular formula is C13H20OS. The second-order valence-corrected chi connectivity index (χ2v) is 4.13. The minimum absolute atomic E-state index is 0.554. The van der Waals surface area contributed by atoms with Crippen LogP contribution in [0, 0.1) is 5.92 Å². The highest BCUT2D eigenvalue weighted by Crippen LogP contribution is 2.15. The molecule has 1 nitrogen and oxygen atoms in total. The zero-order valence-corrected chi connectivity index (χ0v) is 10.5. The van der Waals surface area contributed by atoms with Gasteiger partial charge in [-0.3, -0.25) is 0 Å². The number of aryl methyl sites for hydroxylation is 1. The first-order valence-corrected chi connectivity index (χ1v) is 6.26. The highest BCUT2D eigenvalue weighted by atomic mass is 32.1. The Bertz CT molecular complexity index is 282. The van der Waals surface area contributed by atoms with Crippen LogP contribution in [-0.4, -0.2) is 12.4 Å². The van der Waals surface area contributed by atoms with Gasteiger partial charge in [0.05, 0.1) is 6.61 Å². The molecule has 0 aliphatic rings. The Morgan fingerprint density at radius 2 is 2.13 bits per heavy atom. The van der Waals surface area contributed by atoms with Crippen LogP contribution in [0.2, 0.25) is 0 Å². The van der Waals surface area contributed by atoms with E-state index in [2.05, 4.69) is 44.7 Å². The number of thiol groups is 1. The Morgan fingerprint density at radius 3 is 2.73 bits per heavy atom. The van der Waals surface area contributed by atoms with Crippen LogP contribution in [-0.2, 0) is 6.42 Å². The van der Waals surface area contributed by atoms with Crippen molar-refractivity contribution in [3.8, 4) is 5.75 Å². The Kier molecular flexibility index (Phi) is 5.62. The van der Waals surface area contributed by atoms with Gasteiger partial charge in [0.15, 0.2) is 0 Å². The van der Waals surface area contributed by atoms with Crippen LogP contribution < -0.4 is 4.74 Å². The first kappa shape index (κ1) is 12.4. The summed E-state index contributed by atoms with van der Waals surface area (Å²) in [4.78, 5) is 0. The largest absolute Gasteiger partial charge is 0.493 e. The van der Waals surface area contributed by atoms with Gasteiger partial charge in [-0.15, -0.1) is 0 Å². The van der Waals surface area contributed by atoms with E-state index < -0.39 is 0 Å². The van der Waals surface area contributed by atoms with Crippen molar-refractivity contribution < 1.29 is 4.74 Å². The van der Waals surface area contributed by atoms with Gasteiger partial charge in [0, 0.05) is 5.92 Å². The smallest absolute Gasteiger partial charge is 0.119 e. The molecule has 15 heavy (non-hydrogen) atoms. The molecule has 0 amide bonds. The Balaban J connectivity index is 2.49. The molecular weight excluding hydrogens is 204 g/mol. The van der Waals surface area contributed by atoms with Gasteiger partial charge < -0.3 is 4.74 Å². The van der Waals surface area contributed by atoms with E-state index in [9.17, 15) is 0 Å². The fourth-order valence-electron chi connectivity index (χ4n) is 1.37. The molecule has 0 spiro atoms.